The Morgan fingerprint density at radius 3 is 2.54 bits per heavy atom. The maximum atomic E-state index is 12.5. The summed E-state index contributed by atoms with van der Waals surface area (Å²) >= 11 is 6.53. The minimum atomic E-state index is -0.360. The summed E-state index contributed by atoms with van der Waals surface area (Å²) in [6.07, 6.45) is 0.199. The molecule has 2 amide bonds. The van der Waals surface area contributed by atoms with Crippen molar-refractivity contribution >= 4 is 45.8 Å². The average Bonchev–Trinajstić information content (AvgIpc) is 2.89. The fourth-order valence-corrected chi connectivity index (χ4v) is 3.86. The summed E-state index contributed by atoms with van der Waals surface area (Å²) in [5.74, 6) is -0.472. The number of carbonyl (C=O) groups excluding carboxylic acids is 2. The van der Waals surface area contributed by atoms with Crippen LogP contribution in [0.25, 0.3) is 0 Å². The van der Waals surface area contributed by atoms with Crippen LogP contribution in [0.4, 0.5) is 5.69 Å². The number of thiocarbonyl (C=S) groups is 1. The van der Waals surface area contributed by atoms with Gasteiger partial charge < -0.3 is 5.32 Å². The predicted octanol–water partition coefficient (Wildman–Crippen LogP) is 2.91. The van der Waals surface area contributed by atoms with Gasteiger partial charge in [0.05, 0.1) is 6.42 Å². The van der Waals surface area contributed by atoms with Crippen LogP contribution in [0.15, 0.2) is 54.6 Å². The Bertz CT molecular complexity index is 809. The number of aryl methyl sites for hydroxylation is 1. The van der Waals surface area contributed by atoms with Gasteiger partial charge in [-0.25, -0.2) is 5.01 Å². The fourth-order valence-electron chi connectivity index (χ4n) is 2.52. The quantitative estimate of drug-likeness (QED) is 0.749. The van der Waals surface area contributed by atoms with Crippen molar-refractivity contribution < 1.29 is 9.59 Å². The zero-order valence-electron chi connectivity index (χ0n) is 14.3. The highest BCUT2D eigenvalue weighted by Gasteiger charge is 2.37. The minimum absolute atomic E-state index is 0.199. The number of hydrogen-bond donors (Lipinski definition) is 2. The highest BCUT2D eigenvalue weighted by Crippen LogP contribution is 2.26. The van der Waals surface area contributed by atoms with Crippen molar-refractivity contribution in [1.82, 2.24) is 10.4 Å². The van der Waals surface area contributed by atoms with Gasteiger partial charge in [-0.2, -0.15) is 0 Å². The topological polar surface area (TPSA) is 61.4 Å². The number of anilines is 1. The van der Waals surface area contributed by atoms with Crippen LogP contribution < -0.4 is 10.7 Å². The Kier molecular flexibility index (Phi) is 5.90. The highest BCUT2D eigenvalue weighted by atomic mass is 32.2. The Hall–Kier alpha value is -2.38. The first kappa shape index (κ1) is 18.4. The Morgan fingerprint density at radius 2 is 1.85 bits per heavy atom. The van der Waals surface area contributed by atoms with Crippen LogP contribution in [-0.4, -0.2) is 32.9 Å². The Labute approximate surface area is 162 Å². The van der Waals surface area contributed by atoms with Crippen LogP contribution in [0.3, 0.4) is 0 Å². The normalized spacial score (nSPS) is 16.7. The van der Waals surface area contributed by atoms with E-state index < -0.39 is 0 Å². The number of carbonyl (C=O) groups is 2. The van der Waals surface area contributed by atoms with Crippen LogP contribution in [-0.2, 0) is 16.0 Å². The molecule has 1 heterocycles. The molecule has 5 nitrogen and oxygen atoms in total. The average molecular weight is 386 g/mol. The standard InChI is InChI=1S/C19H19N3O2S2/c1-13-7-9-15(10-8-13)20-12-16-18(24)22(19(25)26-16)21-17(23)11-14-5-3-2-4-6-14/h2-10,16,20H,11-12H2,1H3,(H,21,23). The van der Waals surface area contributed by atoms with E-state index in [4.69, 9.17) is 12.2 Å². The van der Waals surface area contributed by atoms with Crippen molar-refractivity contribution in [1.29, 1.82) is 0 Å². The lowest BCUT2D eigenvalue weighted by atomic mass is 10.1. The predicted molar refractivity (Wildman–Crippen MR) is 109 cm³/mol. The molecule has 0 spiro atoms. The van der Waals surface area contributed by atoms with Crippen LogP contribution in [0, 0.1) is 6.92 Å². The van der Waals surface area contributed by atoms with E-state index in [0.717, 1.165) is 11.3 Å². The number of nitrogens with zero attached hydrogens (tertiary/aromatic N) is 1. The molecule has 134 valence electrons. The summed E-state index contributed by atoms with van der Waals surface area (Å²) in [7, 11) is 0. The summed E-state index contributed by atoms with van der Waals surface area (Å²) in [4.78, 5) is 24.7. The Balaban J connectivity index is 1.54. The first-order valence-electron chi connectivity index (χ1n) is 8.21. The third-order valence-electron chi connectivity index (χ3n) is 3.91. The van der Waals surface area contributed by atoms with Gasteiger partial charge in [0.2, 0.25) is 5.91 Å². The lowest BCUT2D eigenvalue weighted by Crippen LogP contribution is -2.47. The van der Waals surface area contributed by atoms with E-state index in [0.29, 0.717) is 10.9 Å². The fraction of sp³-hybridized carbons (Fsp3) is 0.211. The number of amides is 2. The molecule has 0 saturated carbocycles. The SMILES string of the molecule is Cc1ccc(NCC2SC(=S)N(NC(=O)Cc3ccccc3)C2=O)cc1. The van der Waals surface area contributed by atoms with E-state index in [9.17, 15) is 9.59 Å². The molecule has 2 aromatic rings. The van der Waals surface area contributed by atoms with Crippen molar-refractivity contribution in [3.8, 4) is 0 Å². The molecule has 1 aliphatic heterocycles. The lowest BCUT2D eigenvalue weighted by Gasteiger charge is -2.17. The van der Waals surface area contributed by atoms with Gasteiger partial charge in [-0.3, -0.25) is 15.0 Å². The molecular formula is C19H19N3O2S2. The molecule has 0 radical (unpaired) electrons. The lowest BCUT2D eigenvalue weighted by molar-refractivity contribution is -0.135. The van der Waals surface area contributed by atoms with Gasteiger partial charge in [0.1, 0.15) is 5.25 Å². The van der Waals surface area contributed by atoms with E-state index in [2.05, 4.69) is 10.7 Å². The summed E-state index contributed by atoms with van der Waals surface area (Å²) in [6.45, 7) is 2.46. The van der Waals surface area contributed by atoms with E-state index in [1.807, 2.05) is 61.5 Å². The van der Waals surface area contributed by atoms with Gasteiger partial charge in [0.15, 0.2) is 4.32 Å². The highest BCUT2D eigenvalue weighted by molar-refractivity contribution is 8.24. The third kappa shape index (κ3) is 4.62. The summed E-state index contributed by atoms with van der Waals surface area (Å²) in [6, 6.07) is 17.3. The molecule has 1 atom stereocenters. The molecule has 3 rings (SSSR count). The zero-order chi connectivity index (χ0) is 18.5. The van der Waals surface area contributed by atoms with Crippen LogP contribution in [0.5, 0.6) is 0 Å². The summed E-state index contributed by atoms with van der Waals surface area (Å²) in [5, 5.41) is 4.06. The molecule has 0 bridgehead atoms. The van der Waals surface area contributed by atoms with Crippen LogP contribution in [0.2, 0.25) is 0 Å². The van der Waals surface area contributed by atoms with Crippen molar-refractivity contribution in [2.24, 2.45) is 0 Å². The molecule has 2 aromatic carbocycles. The van der Waals surface area contributed by atoms with Crippen LogP contribution >= 0.6 is 24.0 Å². The van der Waals surface area contributed by atoms with Crippen molar-refractivity contribution in [3.05, 3.63) is 65.7 Å². The minimum Gasteiger partial charge on any atom is -0.383 e. The number of nitrogens with one attached hydrogen (secondary N) is 2. The van der Waals surface area contributed by atoms with E-state index in [-0.39, 0.29) is 23.5 Å². The maximum Gasteiger partial charge on any atom is 0.262 e. The van der Waals surface area contributed by atoms with Gasteiger partial charge in [-0.1, -0.05) is 72.0 Å². The molecule has 1 fully saturated rings. The van der Waals surface area contributed by atoms with E-state index in [1.165, 1.54) is 22.3 Å². The number of benzene rings is 2. The monoisotopic (exact) mass is 385 g/mol. The maximum absolute atomic E-state index is 12.5. The number of thioether (sulfide) groups is 1. The van der Waals surface area contributed by atoms with Crippen LogP contribution in [0.1, 0.15) is 11.1 Å². The molecule has 1 saturated heterocycles. The molecule has 7 heteroatoms. The first-order chi connectivity index (χ1) is 12.5. The second kappa shape index (κ2) is 8.33. The molecular weight excluding hydrogens is 366 g/mol. The van der Waals surface area contributed by atoms with E-state index in [1.54, 1.807) is 0 Å². The molecule has 2 N–H and O–H groups in total. The second-order valence-electron chi connectivity index (χ2n) is 5.99. The molecule has 1 aliphatic rings. The smallest absolute Gasteiger partial charge is 0.262 e. The molecule has 26 heavy (non-hydrogen) atoms. The summed E-state index contributed by atoms with van der Waals surface area (Å²) in [5.41, 5.74) is 5.62. The molecule has 0 aliphatic carbocycles. The number of hydrazine groups is 1. The summed E-state index contributed by atoms with van der Waals surface area (Å²) < 4.78 is 0.368. The Morgan fingerprint density at radius 1 is 1.15 bits per heavy atom. The number of rotatable bonds is 6. The van der Waals surface area contributed by atoms with Crippen molar-refractivity contribution in [2.75, 3.05) is 11.9 Å². The van der Waals surface area contributed by atoms with Gasteiger partial charge in [-0.05, 0) is 24.6 Å². The van der Waals surface area contributed by atoms with Crippen molar-refractivity contribution in [3.63, 3.8) is 0 Å². The zero-order valence-corrected chi connectivity index (χ0v) is 15.9. The molecule has 0 aromatic heterocycles. The largest absolute Gasteiger partial charge is 0.383 e. The van der Waals surface area contributed by atoms with Gasteiger partial charge >= 0.3 is 0 Å². The van der Waals surface area contributed by atoms with E-state index >= 15 is 0 Å². The molecule has 1 unspecified atom stereocenters. The number of hydrogen-bond acceptors (Lipinski definition) is 5. The van der Waals surface area contributed by atoms with Gasteiger partial charge in [-0.15, -0.1) is 0 Å². The first-order valence-corrected chi connectivity index (χ1v) is 9.50. The van der Waals surface area contributed by atoms with Crippen molar-refractivity contribution in [2.45, 2.75) is 18.6 Å². The van der Waals surface area contributed by atoms with Gasteiger partial charge in [0.25, 0.3) is 5.91 Å². The van der Waals surface area contributed by atoms with Gasteiger partial charge in [0, 0.05) is 12.2 Å². The third-order valence-corrected chi connectivity index (χ3v) is 5.42. The second-order valence-corrected chi connectivity index (χ2v) is 7.83.